The third kappa shape index (κ3) is 6.81. The van der Waals surface area contributed by atoms with Crippen LogP contribution in [0.15, 0.2) is 69.9 Å². The molecule has 2 atom stereocenters. The van der Waals surface area contributed by atoms with Gasteiger partial charge < -0.3 is 10.1 Å². The molecule has 6 nitrogen and oxygen atoms in total. The number of rotatable bonds is 5. The summed E-state index contributed by atoms with van der Waals surface area (Å²) in [5, 5.41) is 2.57. The molecule has 2 aromatic carbocycles. The van der Waals surface area contributed by atoms with Crippen molar-refractivity contribution in [2.75, 3.05) is 6.26 Å². The number of amides is 2. The van der Waals surface area contributed by atoms with Crippen LogP contribution in [0.5, 0.6) is 0 Å². The highest BCUT2D eigenvalue weighted by molar-refractivity contribution is 7.93. The second-order valence-electron chi connectivity index (χ2n) is 7.43. The van der Waals surface area contributed by atoms with Gasteiger partial charge in [-0.1, -0.05) is 48.5 Å². The van der Waals surface area contributed by atoms with Crippen LogP contribution < -0.4 is 5.32 Å². The van der Waals surface area contributed by atoms with E-state index in [0.29, 0.717) is 4.90 Å². The lowest BCUT2D eigenvalue weighted by molar-refractivity contribution is -0.119. The van der Waals surface area contributed by atoms with E-state index in [4.69, 9.17) is 4.74 Å². The number of hydrogen-bond acceptors (Lipinski definition) is 4. The minimum absolute atomic E-state index is 0.215. The highest BCUT2D eigenvalue weighted by Gasteiger charge is 2.25. The van der Waals surface area contributed by atoms with Gasteiger partial charge in [-0.25, -0.2) is 9.00 Å². The molecule has 2 aromatic rings. The van der Waals surface area contributed by atoms with E-state index >= 15 is 0 Å². The summed E-state index contributed by atoms with van der Waals surface area (Å²) in [6, 6.07) is 16.8. The van der Waals surface area contributed by atoms with Gasteiger partial charge in [0.1, 0.15) is 11.6 Å². The lowest BCUT2D eigenvalue weighted by Crippen LogP contribution is -2.44. The number of benzene rings is 2. The zero-order chi connectivity index (χ0) is 20.8. The Kier molecular flexibility index (Phi) is 6.96. The number of nitrogens with zero attached hydrogens (tertiary/aromatic N) is 1. The van der Waals surface area contributed by atoms with Crippen LogP contribution in [0.4, 0.5) is 4.79 Å². The van der Waals surface area contributed by atoms with Gasteiger partial charge in [-0.15, -0.1) is 0 Å². The molecule has 0 heterocycles. The standard InChI is InChI=1S/C21H26N2O4S/c1-21(2,3)27-20(25)22-18(15-16-11-7-5-8-12-16)19(24)23-28(4,26)17-13-9-6-10-14-17/h5-14,18H,15H2,1-4H3,(H,22,25)/t18-,28?/m0/s1. The lowest BCUT2D eigenvalue weighted by atomic mass is 10.1. The fourth-order valence-corrected chi connectivity index (χ4v) is 3.70. The van der Waals surface area contributed by atoms with Crippen LogP contribution in [-0.2, 0) is 25.7 Å². The van der Waals surface area contributed by atoms with E-state index in [0.717, 1.165) is 5.56 Å². The van der Waals surface area contributed by atoms with Gasteiger partial charge in [0, 0.05) is 17.6 Å². The summed E-state index contributed by atoms with van der Waals surface area (Å²) < 4.78 is 22.1. The first-order valence-electron chi connectivity index (χ1n) is 8.91. The molecular weight excluding hydrogens is 376 g/mol. The Labute approximate surface area is 166 Å². The van der Waals surface area contributed by atoms with Crippen LogP contribution >= 0.6 is 0 Å². The molecule has 0 saturated carbocycles. The summed E-state index contributed by atoms with van der Waals surface area (Å²) in [5.41, 5.74) is 0.138. The number of alkyl carbamates (subject to hydrolysis) is 1. The van der Waals surface area contributed by atoms with Gasteiger partial charge in [0.25, 0.3) is 5.91 Å². The molecule has 1 N–H and O–H groups in total. The first kappa shape index (κ1) is 21.6. The van der Waals surface area contributed by atoms with E-state index in [1.54, 1.807) is 51.1 Å². The third-order valence-electron chi connectivity index (χ3n) is 3.72. The molecule has 0 bridgehead atoms. The van der Waals surface area contributed by atoms with Gasteiger partial charge in [-0.3, -0.25) is 4.79 Å². The number of hydrogen-bond donors (Lipinski definition) is 1. The Morgan fingerprint density at radius 1 is 1.04 bits per heavy atom. The van der Waals surface area contributed by atoms with Gasteiger partial charge in [0.05, 0.1) is 9.73 Å². The van der Waals surface area contributed by atoms with Crippen molar-refractivity contribution in [2.45, 2.75) is 43.7 Å². The van der Waals surface area contributed by atoms with Crippen molar-refractivity contribution < 1.29 is 18.5 Å². The molecule has 28 heavy (non-hydrogen) atoms. The fourth-order valence-electron chi connectivity index (χ4n) is 2.46. The predicted octanol–water partition coefficient (Wildman–Crippen LogP) is 3.81. The van der Waals surface area contributed by atoms with E-state index in [1.165, 1.54) is 6.26 Å². The third-order valence-corrected chi connectivity index (χ3v) is 5.39. The van der Waals surface area contributed by atoms with E-state index in [-0.39, 0.29) is 6.42 Å². The Bertz CT molecular complexity index is 928. The van der Waals surface area contributed by atoms with Crippen LogP contribution in [0, 0.1) is 0 Å². The van der Waals surface area contributed by atoms with Crippen molar-refractivity contribution in [1.82, 2.24) is 5.32 Å². The average molecular weight is 403 g/mol. The Hall–Kier alpha value is -2.67. The Balaban J connectivity index is 2.29. The summed E-state index contributed by atoms with van der Waals surface area (Å²) in [5.74, 6) is -0.661. The normalized spacial score (nSPS) is 14.4. The highest BCUT2D eigenvalue weighted by atomic mass is 32.2. The topological polar surface area (TPSA) is 84.8 Å². The molecule has 0 spiro atoms. The smallest absolute Gasteiger partial charge is 0.408 e. The lowest BCUT2D eigenvalue weighted by Gasteiger charge is -2.22. The van der Waals surface area contributed by atoms with E-state index < -0.39 is 33.4 Å². The summed E-state index contributed by atoms with van der Waals surface area (Å²) >= 11 is 0. The zero-order valence-corrected chi connectivity index (χ0v) is 17.4. The molecule has 0 aromatic heterocycles. The molecule has 2 rings (SSSR count). The fraction of sp³-hybridized carbons (Fsp3) is 0.333. The molecule has 1 unspecified atom stereocenters. The number of carbonyl (C=O) groups is 2. The maximum Gasteiger partial charge on any atom is 0.408 e. The van der Waals surface area contributed by atoms with Gasteiger partial charge in [-0.05, 0) is 38.5 Å². The number of ether oxygens (including phenoxy) is 1. The molecule has 2 amide bonds. The van der Waals surface area contributed by atoms with Gasteiger partial charge in [-0.2, -0.15) is 4.36 Å². The van der Waals surface area contributed by atoms with Crippen LogP contribution in [0.2, 0.25) is 0 Å². The molecule has 0 aliphatic rings. The molecule has 0 saturated heterocycles. The Morgan fingerprint density at radius 2 is 1.57 bits per heavy atom. The molecule has 0 radical (unpaired) electrons. The minimum atomic E-state index is -2.93. The van der Waals surface area contributed by atoms with Crippen molar-refractivity contribution in [3.05, 3.63) is 66.2 Å². The van der Waals surface area contributed by atoms with Crippen LogP contribution in [0.25, 0.3) is 0 Å². The van der Waals surface area contributed by atoms with E-state index in [9.17, 15) is 13.8 Å². The molecule has 0 aliphatic carbocycles. The molecule has 7 heteroatoms. The first-order valence-corrected chi connectivity index (χ1v) is 10.8. The number of nitrogens with one attached hydrogen (secondary N) is 1. The van der Waals surface area contributed by atoms with Crippen LogP contribution in [-0.4, -0.2) is 34.1 Å². The molecule has 150 valence electrons. The number of carbonyl (C=O) groups excluding carboxylic acids is 2. The van der Waals surface area contributed by atoms with Crippen LogP contribution in [0.3, 0.4) is 0 Å². The van der Waals surface area contributed by atoms with Gasteiger partial charge >= 0.3 is 6.09 Å². The molecule has 0 aliphatic heterocycles. The quantitative estimate of drug-likeness (QED) is 0.824. The summed E-state index contributed by atoms with van der Waals surface area (Å²) in [4.78, 5) is 25.5. The largest absolute Gasteiger partial charge is 0.444 e. The summed E-state index contributed by atoms with van der Waals surface area (Å²) in [6.07, 6.45) is 0.902. The van der Waals surface area contributed by atoms with Gasteiger partial charge in [0.15, 0.2) is 0 Å². The van der Waals surface area contributed by atoms with Crippen molar-refractivity contribution in [3.63, 3.8) is 0 Å². The highest BCUT2D eigenvalue weighted by Crippen LogP contribution is 2.13. The summed E-state index contributed by atoms with van der Waals surface area (Å²) in [6.45, 7) is 5.21. The van der Waals surface area contributed by atoms with Crippen molar-refractivity contribution >= 4 is 21.7 Å². The predicted molar refractivity (Wildman–Crippen MR) is 110 cm³/mol. The van der Waals surface area contributed by atoms with Crippen molar-refractivity contribution in [1.29, 1.82) is 0 Å². The SMILES string of the molecule is CC(C)(C)OC(=O)N[C@@H](Cc1ccccc1)C(=O)N=S(C)(=O)c1ccccc1. The van der Waals surface area contributed by atoms with E-state index in [1.807, 2.05) is 30.3 Å². The van der Waals surface area contributed by atoms with Crippen LogP contribution in [0.1, 0.15) is 26.3 Å². The second kappa shape index (κ2) is 9.01. The maximum absolute atomic E-state index is 12.9. The van der Waals surface area contributed by atoms with Gasteiger partial charge in [0.2, 0.25) is 0 Å². The zero-order valence-electron chi connectivity index (χ0n) is 16.5. The monoisotopic (exact) mass is 402 g/mol. The summed E-state index contributed by atoms with van der Waals surface area (Å²) in [7, 11) is -2.93. The first-order chi connectivity index (χ1) is 13.1. The second-order valence-corrected chi connectivity index (χ2v) is 9.69. The molecule has 0 fully saturated rings. The Morgan fingerprint density at radius 3 is 2.11 bits per heavy atom. The minimum Gasteiger partial charge on any atom is -0.444 e. The van der Waals surface area contributed by atoms with E-state index in [2.05, 4.69) is 9.68 Å². The van der Waals surface area contributed by atoms with Crippen molar-refractivity contribution in [2.24, 2.45) is 4.36 Å². The maximum atomic E-state index is 12.9. The van der Waals surface area contributed by atoms with Crippen molar-refractivity contribution in [3.8, 4) is 0 Å². The average Bonchev–Trinajstić information content (AvgIpc) is 2.61. The molecular formula is C21H26N2O4S.